The maximum atomic E-state index is 5.34. The average molecular weight is 201 g/mol. The van der Waals surface area contributed by atoms with Crippen molar-refractivity contribution in [3.05, 3.63) is 0 Å². The van der Waals surface area contributed by atoms with Crippen molar-refractivity contribution in [2.24, 2.45) is 5.41 Å². The van der Waals surface area contributed by atoms with Crippen molar-refractivity contribution in [2.45, 2.75) is 47.0 Å². The average Bonchev–Trinajstić information content (AvgIpc) is 2.13. The van der Waals surface area contributed by atoms with Gasteiger partial charge in [-0.1, -0.05) is 20.8 Å². The lowest BCUT2D eigenvalue weighted by Crippen LogP contribution is -2.22. The van der Waals surface area contributed by atoms with Crippen LogP contribution in [-0.2, 0) is 4.74 Å². The Morgan fingerprint density at radius 2 is 1.86 bits per heavy atom. The van der Waals surface area contributed by atoms with Crippen molar-refractivity contribution >= 4 is 0 Å². The van der Waals surface area contributed by atoms with Crippen molar-refractivity contribution in [3.8, 4) is 0 Å². The van der Waals surface area contributed by atoms with Gasteiger partial charge in [-0.15, -0.1) is 0 Å². The van der Waals surface area contributed by atoms with Gasteiger partial charge in [0.25, 0.3) is 0 Å². The second-order valence-corrected chi connectivity index (χ2v) is 4.57. The molecular weight excluding hydrogens is 174 g/mol. The Hall–Kier alpha value is -0.0800. The van der Waals surface area contributed by atoms with Gasteiger partial charge in [-0.25, -0.2) is 0 Å². The zero-order chi connectivity index (χ0) is 10.9. The lowest BCUT2D eigenvalue weighted by Gasteiger charge is -2.24. The smallest absolute Gasteiger partial charge is 0.0466 e. The summed E-state index contributed by atoms with van der Waals surface area (Å²) in [6.07, 6.45) is 3.71. The van der Waals surface area contributed by atoms with E-state index in [0.717, 1.165) is 26.3 Å². The molecule has 0 aliphatic heterocycles. The predicted octanol–water partition coefficient (Wildman–Crippen LogP) is 2.83. The van der Waals surface area contributed by atoms with Gasteiger partial charge in [0, 0.05) is 13.2 Å². The Bertz CT molecular complexity index is 123. The van der Waals surface area contributed by atoms with E-state index in [1.165, 1.54) is 19.3 Å². The highest BCUT2D eigenvalue weighted by molar-refractivity contribution is 4.69. The molecule has 1 N–H and O–H groups in total. The summed E-state index contributed by atoms with van der Waals surface area (Å²) in [5.74, 6) is 0. The fourth-order valence-corrected chi connectivity index (χ4v) is 1.53. The van der Waals surface area contributed by atoms with Gasteiger partial charge in [-0.2, -0.15) is 0 Å². The van der Waals surface area contributed by atoms with Crippen LogP contribution in [0.5, 0.6) is 0 Å². The molecule has 2 nitrogen and oxygen atoms in total. The van der Waals surface area contributed by atoms with Crippen LogP contribution in [0.1, 0.15) is 47.0 Å². The fraction of sp³-hybridized carbons (Fsp3) is 1.00. The Kier molecular flexibility index (Phi) is 8.20. The van der Waals surface area contributed by atoms with E-state index < -0.39 is 0 Å². The highest BCUT2D eigenvalue weighted by Crippen LogP contribution is 2.25. The largest absolute Gasteiger partial charge is 0.382 e. The zero-order valence-electron chi connectivity index (χ0n) is 10.4. The molecule has 0 fully saturated rings. The van der Waals surface area contributed by atoms with Crippen molar-refractivity contribution < 1.29 is 4.74 Å². The molecule has 2 heteroatoms. The number of ether oxygens (including phenoxy) is 1. The quantitative estimate of drug-likeness (QED) is 0.579. The topological polar surface area (TPSA) is 21.3 Å². The Morgan fingerprint density at radius 3 is 2.43 bits per heavy atom. The molecule has 14 heavy (non-hydrogen) atoms. The number of hydrogen-bond acceptors (Lipinski definition) is 2. The first-order valence-corrected chi connectivity index (χ1v) is 5.91. The molecule has 0 bridgehead atoms. The molecule has 0 radical (unpaired) electrons. The van der Waals surface area contributed by atoms with Crippen LogP contribution < -0.4 is 5.32 Å². The maximum Gasteiger partial charge on any atom is 0.0466 e. The summed E-state index contributed by atoms with van der Waals surface area (Å²) in [5.41, 5.74) is 0.458. The molecule has 0 amide bonds. The standard InChI is InChI=1S/C12H27NO/c1-5-13-10-9-12(3,4)8-7-11-14-6-2/h13H,5-11H2,1-4H3. The summed E-state index contributed by atoms with van der Waals surface area (Å²) in [6.45, 7) is 12.9. The Balaban J connectivity index is 3.40. The summed E-state index contributed by atoms with van der Waals surface area (Å²) in [4.78, 5) is 0. The maximum absolute atomic E-state index is 5.34. The first kappa shape index (κ1) is 13.9. The van der Waals surface area contributed by atoms with Gasteiger partial charge in [0.1, 0.15) is 0 Å². The SMILES string of the molecule is CCNCCC(C)(C)CCCOCC. The molecule has 0 aromatic rings. The summed E-state index contributed by atoms with van der Waals surface area (Å²) in [5, 5.41) is 3.37. The predicted molar refractivity (Wildman–Crippen MR) is 62.7 cm³/mol. The molecule has 0 aromatic carbocycles. The number of hydrogen-bond donors (Lipinski definition) is 1. The minimum Gasteiger partial charge on any atom is -0.382 e. The van der Waals surface area contributed by atoms with Gasteiger partial charge in [0.05, 0.1) is 0 Å². The minimum atomic E-state index is 0.458. The van der Waals surface area contributed by atoms with E-state index in [2.05, 4.69) is 33.0 Å². The third-order valence-corrected chi connectivity index (χ3v) is 2.57. The van der Waals surface area contributed by atoms with Crippen LogP contribution >= 0.6 is 0 Å². The fourth-order valence-electron chi connectivity index (χ4n) is 1.53. The van der Waals surface area contributed by atoms with Gasteiger partial charge < -0.3 is 10.1 Å². The molecule has 0 aromatic heterocycles. The second kappa shape index (κ2) is 8.25. The van der Waals surface area contributed by atoms with Gasteiger partial charge in [-0.3, -0.25) is 0 Å². The number of nitrogens with one attached hydrogen (secondary N) is 1. The van der Waals surface area contributed by atoms with E-state index in [0.29, 0.717) is 5.41 Å². The van der Waals surface area contributed by atoms with Crippen molar-refractivity contribution in [1.29, 1.82) is 0 Å². The van der Waals surface area contributed by atoms with E-state index >= 15 is 0 Å². The van der Waals surface area contributed by atoms with Gasteiger partial charge in [0.15, 0.2) is 0 Å². The molecule has 0 saturated carbocycles. The minimum absolute atomic E-state index is 0.458. The lowest BCUT2D eigenvalue weighted by molar-refractivity contribution is 0.131. The third kappa shape index (κ3) is 8.52. The summed E-state index contributed by atoms with van der Waals surface area (Å²) < 4.78 is 5.34. The van der Waals surface area contributed by atoms with Gasteiger partial charge >= 0.3 is 0 Å². The summed E-state index contributed by atoms with van der Waals surface area (Å²) in [7, 11) is 0. The first-order valence-electron chi connectivity index (χ1n) is 5.91. The Labute approximate surface area is 89.4 Å². The van der Waals surface area contributed by atoms with E-state index in [4.69, 9.17) is 4.74 Å². The van der Waals surface area contributed by atoms with E-state index in [1.807, 2.05) is 0 Å². The zero-order valence-corrected chi connectivity index (χ0v) is 10.4. The van der Waals surface area contributed by atoms with Crippen LogP contribution in [0, 0.1) is 5.41 Å². The van der Waals surface area contributed by atoms with Crippen molar-refractivity contribution in [2.75, 3.05) is 26.3 Å². The molecule has 0 unspecified atom stereocenters. The molecule has 0 saturated heterocycles. The van der Waals surface area contributed by atoms with E-state index in [9.17, 15) is 0 Å². The molecule has 86 valence electrons. The summed E-state index contributed by atoms with van der Waals surface area (Å²) in [6, 6.07) is 0. The van der Waals surface area contributed by atoms with Crippen molar-refractivity contribution in [3.63, 3.8) is 0 Å². The van der Waals surface area contributed by atoms with Crippen LogP contribution in [0.4, 0.5) is 0 Å². The van der Waals surface area contributed by atoms with Crippen LogP contribution in [0.2, 0.25) is 0 Å². The van der Waals surface area contributed by atoms with E-state index in [-0.39, 0.29) is 0 Å². The monoisotopic (exact) mass is 201 g/mol. The van der Waals surface area contributed by atoms with Gasteiger partial charge in [-0.05, 0) is 44.7 Å². The highest BCUT2D eigenvalue weighted by Gasteiger charge is 2.16. The molecule has 0 rings (SSSR count). The van der Waals surface area contributed by atoms with Crippen LogP contribution in [0.15, 0.2) is 0 Å². The van der Waals surface area contributed by atoms with E-state index in [1.54, 1.807) is 0 Å². The normalized spacial score (nSPS) is 12.0. The first-order chi connectivity index (χ1) is 6.62. The molecule has 0 aliphatic rings. The van der Waals surface area contributed by atoms with Crippen LogP contribution in [-0.4, -0.2) is 26.3 Å². The second-order valence-electron chi connectivity index (χ2n) is 4.57. The number of rotatable bonds is 9. The van der Waals surface area contributed by atoms with Gasteiger partial charge in [0.2, 0.25) is 0 Å². The molecule has 0 aliphatic carbocycles. The van der Waals surface area contributed by atoms with Crippen LogP contribution in [0.25, 0.3) is 0 Å². The van der Waals surface area contributed by atoms with Crippen LogP contribution in [0.3, 0.4) is 0 Å². The molecular formula is C12H27NO. The third-order valence-electron chi connectivity index (χ3n) is 2.57. The van der Waals surface area contributed by atoms with Crippen molar-refractivity contribution in [1.82, 2.24) is 5.32 Å². The Morgan fingerprint density at radius 1 is 1.14 bits per heavy atom. The molecule has 0 spiro atoms. The molecule has 0 heterocycles. The highest BCUT2D eigenvalue weighted by atomic mass is 16.5. The lowest BCUT2D eigenvalue weighted by atomic mass is 9.84. The molecule has 0 atom stereocenters. The summed E-state index contributed by atoms with van der Waals surface area (Å²) >= 11 is 0.